The summed E-state index contributed by atoms with van der Waals surface area (Å²) >= 11 is 0. The number of pyridine rings is 1. The molecule has 2 aromatic heterocycles. The number of anilines is 1. The van der Waals surface area contributed by atoms with Gasteiger partial charge in [-0.3, -0.25) is 0 Å². The Labute approximate surface area is 98.0 Å². The first kappa shape index (κ1) is 11.1. The number of esters is 1. The second-order valence-corrected chi connectivity index (χ2v) is 3.31. The van der Waals surface area contributed by atoms with E-state index in [4.69, 9.17) is 10.5 Å². The van der Waals surface area contributed by atoms with E-state index >= 15 is 0 Å². The molecule has 0 atom stereocenters. The van der Waals surface area contributed by atoms with Crippen LogP contribution in [0.3, 0.4) is 0 Å². The fourth-order valence-corrected chi connectivity index (χ4v) is 1.40. The summed E-state index contributed by atoms with van der Waals surface area (Å²) in [5.41, 5.74) is 6.44. The molecule has 17 heavy (non-hydrogen) atoms. The van der Waals surface area contributed by atoms with Crippen LogP contribution in [0.1, 0.15) is 17.3 Å². The number of hydrogen-bond donors (Lipinski definition) is 1. The van der Waals surface area contributed by atoms with Crippen LogP contribution in [0.4, 0.5) is 5.69 Å². The van der Waals surface area contributed by atoms with Crippen LogP contribution in [0.25, 0.3) is 5.82 Å². The van der Waals surface area contributed by atoms with Crippen molar-refractivity contribution in [3.63, 3.8) is 0 Å². The number of nitrogens with two attached hydrogens (primary N) is 1. The Balaban J connectivity index is 2.44. The summed E-state index contributed by atoms with van der Waals surface area (Å²) in [4.78, 5) is 15.8. The van der Waals surface area contributed by atoms with Gasteiger partial charge in [-0.25, -0.2) is 14.5 Å². The maximum atomic E-state index is 11.7. The second-order valence-electron chi connectivity index (χ2n) is 3.31. The average Bonchev–Trinajstić information content (AvgIpc) is 2.76. The lowest BCUT2D eigenvalue weighted by Gasteiger charge is -2.06. The number of carbonyl (C=O) groups excluding carboxylic acids is 1. The smallest absolute Gasteiger partial charge is 0.341 e. The second kappa shape index (κ2) is 4.65. The number of aromatic nitrogens is 3. The normalized spacial score (nSPS) is 10.2. The molecule has 0 saturated heterocycles. The fraction of sp³-hybridized carbons (Fsp3) is 0.182. The summed E-state index contributed by atoms with van der Waals surface area (Å²) in [5.74, 6) is -0.0210. The highest BCUT2D eigenvalue weighted by molar-refractivity contribution is 5.92. The van der Waals surface area contributed by atoms with Crippen molar-refractivity contribution in [1.82, 2.24) is 14.8 Å². The van der Waals surface area contributed by atoms with Gasteiger partial charge < -0.3 is 10.5 Å². The van der Waals surface area contributed by atoms with Gasteiger partial charge in [0.05, 0.1) is 24.7 Å². The molecule has 6 heteroatoms. The van der Waals surface area contributed by atoms with Crippen molar-refractivity contribution in [3.05, 3.63) is 36.3 Å². The molecule has 2 rings (SSSR count). The van der Waals surface area contributed by atoms with Crippen molar-refractivity contribution in [2.24, 2.45) is 0 Å². The highest BCUT2D eigenvalue weighted by Gasteiger charge is 2.15. The van der Waals surface area contributed by atoms with Crippen LogP contribution in [0.15, 0.2) is 30.7 Å². The van der Waals surface area contributed by atoms with Gasteiger partial charge in [0, 0.05) is 6.20 Å². The highest BCUT2D eigenvalue weighted by Crippen LogP contribution is 2.13. The largest absolute Gasteiger partial charge is 0.462 e. The fourth-order valence-electron chi connectivity index (χ4n) is 1.40. The van der Waals surface area contributed by atoms with Crippen molar-refractivity contribution in [2.75, 3.05) is 12.3 Å². The van der Waals surface area contributed by atoms with E-state index in [1.165, 1.54) is 10.9 Å². The zero-order valence-electron chi connectivity index (χ0n) is 9.33. The first-order valence-corrected chi connectivity index (χ1v) is 5.15. The lowest BCUT2D eigenvalue weighted by molar-refractivity contribution is 0.0525. The number of rotatable bonds is 3. The molecule has 2 N–H and O–H groups in total. The van der Waals surface area contributed by atoms with E-state index in [-0.39, 0.29) is 0 Å². The van der Waals surface area contributed by atoms with Gasteiger partial charge in [-0.15, -0.1) is 0 Å². The van der Waals surface area contributed by atoms with Crippen LogP contribution < -0.4 is 5.73 Å². The summed E-state index contributed by atoms with van der Waals surface area (Å²) < 4.78 is 6.39. The van der Waals surface area contributed by atoms with Gasteiger partial charge >= 0.3 is 5.97 Å². The van der Waals surface area contributed by atoms with Gasteiger partial charge in [0.1, 0.15) is 5.56 Å². The maximum Gasteiger partial charge on any atom is 0.341 e. The Kier molecular flexibility index (Phi) is 3.04. The monoisotopic (exact) mass is 232 g/mol. The molecule has 0 aliphatic carbocycles. The first-order chi connectivity index (χ1) is 8.22. The van der Waals surface area contributed by atoms with Crippen molar-refractivity contribution < 1.29 is 9.53 Å². The summed E-state index contributed by atoms with van der Waals surface area (Å²) in [7, 11) is 0. The predicted molar refractivity (Wildman–Crippen MR) is 61.7 cm³/mol. The zero-order valence-corrected chi connectivity index (χ0v) is 9.33. The number of nitrogens with zero attached hydrogens (tertiary/aromatic N) is 3. The van der Waals surface area contributed by atoms with Gasteiger partial charge in [0.15, 0.2) is 5.82 Å². The number of carbonyl (C=O) groups is 1. The molecule has 0 fully saturated rings. The molecule has 88 valence electrons. The average molecular weight is 232 g/mol. The van der Waals surface area contributed by atoms with Gasteiger partial charge in [-0.05, 0) is 19.1 Å². The molecule has 6 nitrogen and oxygen atoms in total. The van der Waals surface area contributed by atoms with Crippen molar-refractivity contribution in [3.8, 4) is 5.82 Å². The minimum absolute atomic E-state index is 0.314. The Morgan fingerprint density at radius 1 is 1.59 bits per heavy atom. The Bertz CT molecular complexity index is 536. The van der Waals surface area contributed by atoms with Crippen LogP contribution in [0, 0.1) is 0 Å². The van der Waals surface area contributed by atoms with Gasteiger partial charge in [0.25, 0.3) is 0 Å². The topological polar surface area (TPSA) is 83.0 Å². The molecule has 0 unspecified atom stereocenters. The van der Waals surface area contributed by atoms with Gasteiger partial charge in [-0.1, -0.05) is 0 Å². The molecule has 0 aliphatic heterocycles. The molecule has 0 spiro atoms. The molecule has 0 aliphatic rings. The Hall–Kier alpha value is -2.37. The van der Waals surface area contributed by atoms with Crippen LogP contribution >= 0.6 is 0 Å². The number of hydrogen-bond acceptors (Lipinski definition) is 5. The lowest BCUT2D eigenvalue weighted by atomic mass is 10.2. The van der Waals surface area contributed by atoms with E-state index < -0.39 is 5.97 Å². The molecule has 2 aromatic rings. The number of ether oxygens (including phenoxy) is 1. The third-order valence-electron chi connectivity index (χ3n) is 2.10. The first-order valence-electron chi connectivity index (χ1n) is 5.15. The summed E-state index contributed by atoms with van der Waals surface area (Å²) in [5, 5.41) is 4.01. The minimum atomic E-state index is -0.426. The maximum absolute atomic E-state index is 11.7. The summed E-state index contributed by atoms with van der Waals surface area (Å²) in [6.07, 6.45) is 4.66. The lowest BCUT2D eigenvalue weighted by Crippen LogP contribution is -2.11. The quantitative estimate of drug-likeness (QED) is 0.799. The number of nitrogen functional groups attached to an aromatic ring is 1. The molecular weight excluding hydrogens is 220 g/mol. The van der Waals surface area contributed by atoms with E-state index in [0.717, 1.165) is 0 Å². The van der Waals surface area contributed by atoms with Crippen LogP contribution in [-0.4, -0.2) is 27.3 Å². The van der Waals surface area contributed by atoms with E-state index in [2.05, 4.69) is 10.1 Å². The molecule has 0 bridgehead atoms. The summed E-state index contributed by atoms with van der Waals surface area (Å²) in [6.45, 7) is 2.06. The standard InChI is InChI=1S/C11H12N4O2/c1-2-17-11(16)9-4-3-5-13-10(9)15-7-8(12)6-14-15/h3-7H,2,12H2,1H3. The van der Waals surface area contributed by atoms with Crippen molar-refractivity contribution >= 4 is 11.7 Å². The minimum Gasteiger partial charge on any atom is -0.462 e. The van der Waals surface area contributed by atoms with E-state index in [9.17, 15) is 4.79 Å². The summed E-state index contributed by atoms with van der Waals surface area (Å²) in [6, 6.07) is 3.31. The highest BCUT2D eigenvalue weighted by atomic mass is 16.5. The van der Waals surface area contributed by atoms with Crippen molar-refractivity contribution in [2.45, 2.75) is 6.92 Å². The van der Waals surface area contributed by atoms with Crippen LogP contribution in [0.5, 0.6) is 0 Å². The molecule has 0 saturated carbocycles. The predicted octanol–water partition coefficient (Wildman–Crippen LogP) is 1.03. The molecule has 0 radical (unpaired) electrons. The molecule has 0 amide bonds. The van der Waals surface area contributed by atoms with Crippen LogP contribution in [-0.2, 0) is 4.74 Å². The van der Waals surface area contributed by atoms with Crippen LogP contribution in [0.2, 0.25) is 0 Å². The third kappa shape index (κ3) is 2.25. The Morgan fingerprint density at radius 2 is 2.41 bits per heavy atom. The third-order valence-corrected chi connectivity index (χ3v) is 2.10. The van der Waals surface area contributed by atoms with Gasteiger partial charge in [-0.2, -0.15) is 5.10 Å². The molecular formula is C11H12N4O2. The van der Waals surface area contributed by atoms with Crippen molar-refractivity contribution in [1.29, 1.82) is 0 Å². The molecule has 2 heterocycles. The Morgan fingerprint density at radius 3 is 3.06 bits per heavy atom. The van der Waals surface area contributed by atoms with Gasteiger partial charge in [0.2, 0.25) is 0 Å². The van der Waals surface area contributed by atoms with E-state index in [0.29, 0.717) is 23.7 Å². The van der Waals surface area contributed by atoms with E-state index in [1.54, 1.807) is 31.5 Å². The van der Waals surface area contributed by atoms with E-state index in [1.807, 2.05) is 0 Å². The molecule has 0 aromatic carbocycles. The SMILES string of the molecule is CCOC(=O)c1cccnc1-n1cc(N)cn1. The zero-order chi connectivity index (χ0) is 12.3.